The van der Waals surface area contributed by atoms with Crippen molar-refractivity contribution in [2.75, 3.05) is 13.1 Å². The van der Waals surface area contributed by atoms with Gasteiger partial charge in [0.25, 0.3) is 0 Å². The van der Waals surface area contributed by atoms with E-state index >= 15 is 0 Å². The fourth-order valence-corrected chi connectivity index (χ4v) is 2.84. The molecule has 1 aliphatic carbocycles. The van der Waals surface area contributed by atoms with E-state index in [0.717, 1.165) is 31.0 Å². The summed E-state index contributed by atoms with van der Waals surface area (Å²) < 4.78 is 13.3. The minimum atomic E-state index is -0.198. The van der Waals surface area contributed by atoms with Crippen LogP contribution in [0.5, 0.6) is 0 Å². The Bertz CT molecular complexity index is 417. The first-order chi connectivity index (χ1) is 8.55. The zero-order valence-corrected chi connectivity index (χ0v) is 11.9. The van der Waals surface area contributed by atoms with Gasteiger partial charge >= 0.3 is 0 Å². The number of nitrogens with one attached hydrogen (secondary N) is 1. The minimum absolute atomic E-state index is 0.188. The third kappa shape index (κ3) is 3.24. The summed E-state index contributed by atoms with van der Waals surface area (Å²) in [6, 6.07) is 4.66. The zero-order valence-electron chi connectivity index (χ0n) is 11.1. The lowest BCUT2D eigenvalue weighted by molar-refractivity contribution is 0.258. The second-order valence-electron chi connectivity index (χ2n) is 5.62. The van der Waals surface area contributed by atoms with Crippen molar-refractivity contribution in [1.29, 1.82) is 0 Å². The summed E-state index contributed by atoms with van der Waals surface area (Å²) in [5.41, 5.74) is 1.12. The van der Waals surface area contributed by atoms with Crippen molar-refractivity contribution >= 4 is 11.6 Å². The number of hydrogen-bond donors (Lipinski definition) is 1. The molecule has 1 N–H and O–H groups in total. The molecule has 1 nitrogen and oxygen atoms in total. The highest BCUT2D eigenvalue weighted by atomic mass is 35.5. The molecule has 0 amide bonds. The Morgan fingerprint density at radius 3 is 2.78 bits per heavy atom. The van der Waals surface area contributed by atoms with Crippen molar-refractivity contribution in [3.05, 3.63) is 34.6 Å². The zero-order chi connectivity index (χ0) is 13.2. The predicted octanol–water partition coefficient (Wildman–Crippen LogP) is 4.05. The molecule has 100 valence electrons. The summed E-state index contributed by atoms with van der Waals surface area (Å²) in [4.78, 5) is 0. The molecule has 18 heavy (non-hydrogen) atoms. The van der Waals surface area contributed by atoms with Gasteiger partial charge in [-0.1, -0.05) is 25.4 Å². The number of rotatable bonds is 6. The molecule has 0 aromatic heterocycles. The minimum Gasteiger partial charge on any atom is -0.316 e. The normalized spacial score (nSPS) is 18.7. The van der Waals surface area contributed by atoms with E-state index in [-0.39, 0.29) is 11.2 Å². The monoisotopic (exact) mass is 269 g/mol. The molecule has 3 heteroatoms. The lowest BCUT2D eigenvalue weighted by Gasteiger charge is -2.30. The molecule has 0 bridgehead atoms. The van der Waals surface area contributed by atoms with Crippen LogP contribution in [-0.2, 0) is 6.42 Å². The molecule has 0 heterocycles. The van der Waals surface area contributed by atoms with Gasteiger partial charge in [-0.2, -0.15) is 0 Å². The maximum atomic E-state index is 13.3. The summed E-state index contributed by atoms with van der Waals surface area (Å²) in [6.07, 6.45) is 3.42. The van der Waals surface area contributed by atoms with E-state index in [4.69, 9.17) is 11.6 Å². The van der Waals surface area contributed by atoms with Crippen molar-refractivity contribution < 1.29 is 4.39 Å². The van der Waals surface area contributed by atoms with E-state index in [1.165, 1.54) is 18.9 Å². The molecule has 1 aliphatic rings. The van der Waals surface area contributed by atoms with Gasteiger partial charge in [-0.05, 0) is 60.9 Å². The summed E-state index contributed by atoms with van der Waals surface area (Å²) in [6.45, 7) is 6.34. The van der Waals surface area contributed by atoms with Crippen LogP contribution in [0.2, 0.25) is 5.02 Å². The van der Waals surface area contributed by atoms with Gasteiger partial charge in [-0.25, -0.2) is 4.39 Å². The predicted molar refractivity (Wildman–Crippen MR) is 74.5 cm³/mol. The molecule has 0 radical (unpaired) electrons. The summed E-state index contributed by atoms with van der Waals surface area (Å²) >= 11 is 6.17. The first-order valence-corrected chi connectivity index (χ1v) is 7.07. The maximum absolute atomic E-state index is 13.3. The van der Waals surface area contributed by atoms with E-state index in [1.807, 2.05) is 0 Å². The molecular weight excluding hydrogens is 249 g/mol. The van der Waals surface area contributed by atoms with Crippen LogP contribution in [0.3, 0.4) is 0 Å². The highest BCUT2D eigenvalue weighted by Crippen LogP contribution is 2.47. The molecule has 0 saturated heterocycles. The summed E-state index contributed by atoms with van der Waals surface area (Å²) in [5, 5.41) is 4.11. The standard InChI is InChI=1S/C15H21ClFN/c1-3-18-10-15(2,12-4-5-12)9-11-8-13(17)6-7-14(11)16/h6-8,12,18H,3-5,9-10H2,1-2H3. The van der Waals surface area contributed by atoms with Crippen LogP contribution in [-0.4, -0.2) is 13.1 Å². The Balaban J connectivity index is 2.15. The van der Waals surface area contributed by atoms with Gasteiger partial charge in [0.15, 0.2) is 0 Å². The fourth-order valence-electron chi connectivity index (χ4n) is 2.66. The van der Waals surface area contributed by atoms with E-state index in [0.29, 0.717) is 5.02 Å². The van der Waals surface area contributed by atoms with Crippen molar-refractivity contribution in [2.45, 2.75) is 33.1 Å². The second kappa shape index (κ2) is 5.58. The Labute approximate surface area is 114 Å². The smallest absolute Gasteiger partial charge is 0.123 e. The van der Waals surface area contributed by atoms with Crippen LogP contribution >= 0.6 is 11.6 Å². The third-order valence-corrected chi connectivity index (χ3v) is 4.31. The number of hydrogen-bond acceptors (Lipinski definition) is 1. The van der Waals surface area contributed by atoms with Crippen LogP contribution < -0.4 is 5.32 Å². The van der Waals surface area contributed by atoms with Gasteiger partial charge in [0, 0.05) is 11.6 Å². The van der Waals surface area contributed by atoms with Gasteiger partial charge in [0.05, 0.1) is 0 Å². The molecule has 0 spiro atoms. The van der Waals surface area contributed by atoms with E-state index in [2.05, 4.69) is 19.2 Å². The summed E-state index contributed by atoms with van der Waals surface area (Å²) in [5.74, 6) is 0.548. The molecule has 1 fully saturated rings. The van der Waals surface area contributed by atoms with Crippen LogP contribution in [0.25, 0.3) is 0 Å². The van der Waals surface area contributed by atoms with Gasteiger partial charge in [0.1, 0.15) is 5.82 Å². The van der Waals surface area contributed by atoms with Crippen LogP contribution in [0.1, 0.15) is 32.3 Å². The fraction of sp³-hybridized carbons (Fsp3) is 0.600. The van der Waals surface area contributed by atoms with Gasteiger partial charge in [-0.3, -0.25) is 0 Å². The van der Waals surface area contributed by atoms with E-state index in [9.17, 15) is 4.39 Å². The molecule has 1 aromatic rings. The lowest BCUT2D eigenvalue weighted by Crippen LogP contribution is -2.35. The Morgan fingerprint density at radius 2 is 2.17 bits per heavy atom. The van der Waals surface area contributed by atoms with Gasteiger partial charge in [-0.15, -0.1) is 0 Å². The molecule has 1 atom stereocenters. The molecular formula is C15H21ClFN. The van der Waals surface area contributed by atoms with E-state index < -0.39 is 0 Å². The molecule has 1 unspecified atom stereocenters. The molecule has 2 rings (SSSR count). The Morgan fingerprint density at radius 1 is 1.44 bits per heavy atom. The van der Waals surface area contributed by atoms with E-state index in [1.54, 1.807) is 12.1 Å². The quantitative estimate of drug-likeness (QED) is 0.822. The Hall–Kier alpha value is -0.600. The average molecular weight is 270 g/mol. The molecule has 1 aromatic carbocycles. The molecule has 0 aliphatic heterocycles. The van der Waals surface area contributed by atoms with Crippen LogP contribution in [0.4, 0.5) is 4.39 Å². The lowest BCUT2D eigenvalue weighted by atomic mass is 9.79. The highest BCUT2D eigenvalue weighted by Gasteiger charge is 2.41. The van der Waals surface area contributed by atoms with Crippen molar-refractivity contribution in [3.63, 3.8) is 0 Å². The number of benzene rings is 1. The average Bonchev–Trinajstić information content (AvgIpc) is 3.16. The van der Waals surface area contributed by atoms with Crippen LogP contribution in [0, 0.1) is 17.2 Å². The maximum Gasteiger partial charge on any atom is 0.123 e. The first-order valence-electron chi connectivity index (χ1n) is 6.70. The third-order valence-electron chi connectivity index (χ3n) is 3.94. The topological polar surface area (TPSA) is 12.0 Å². The van der Waals surface area contributed by atoms with Crippen LogP contribution in [0.15, 0.2) is 18.2 Å². The molecule has 1 saturated carbocycles. The first kappa shape index (κ1) is 13.8. The van der Waals surface area contributed by atoms with Gasteiger partial charge in [0.2, 0.25) is 0 Å². The largest absolute Gasteiger partial charge is 0.316 e. The second-order valence-corrected chi connectivity index (χ2v) is 6.03. The highest BCUT2D eigenvalue weighted by molar-refractivity contribution is 6.31. The van der Waals surface area contributed by atoms with Crippen molar-refractivity contribution in [1.82, 2.24) is 5.32 Å². The SMILES string of the molecule is CCNCC(C)(Cc1cc(F)ccc1Cl)C1CC1. The summed E-state index contributed by atoms with van der Waals surface area (Å²) in [7, 11) is 0. The number of halogens is 2. The Kier molecular flexibility index (Phi) is 4.29. The van der Waals surface area contributed by atoms with Gasteiger partial charge < -0.3 is 5.32 Å². The van der Waals surface area contributed by atoms with Crippen molar-refractivity contribution in [3.8, 4) is 0 Å². The van der Waals surface area contributed by atoms with Crippen molar-refractivity contribution in [2.24, 2.45) is 11.3 Å².